The van der Waals surface area contributed by atoms with Gasteiger partial charge in [0.1, 0.15) is 5.82 Å². The maximum absolute atomic E-state index is 13.2. The van der Waals surface area contributed by atoms with Crippen LogP contribution in [0.15, 0.2) is 42.5 Å². The molecule has 0 unspecified atom stereocenters. The van der Waals surface area contributed by atoms with Crippen LogP contribution in [0.25, 0.3) is 11.1 Å². The van der Waals surface area contributed by atoms with Gasteiger partial charge in [-0.3, -0.25) is 0 Å². The molecule has 2 rings (SSSR count). The highest BCUT2D eigenvalue weighted by molar-refractivity contribution is 5.68. The molecule has 0 fully saturated rings. The third-order valence-corrected chi connectivity index (χ3v) is 2.74. The van der Waals surface area contributed by atoms with Gasteiger partial charge in [-0.15, -0.1) is 0 Å². The SMILES string of the molecule is OCc1ccc(F)cc1-c1cccc(C(F)(F)F)c1. The summed E-state index contributed by atoms with van der Waals surface area (Å²) in [5.74, 6) is -0.565. The molecular formula is C14H10F4O. The van der Waals surface area contributed by atoms with E-state index in [9.17, 15) is 17.6 Å². The second kappa shape index (κ2) is 5.01. The van der Waals surface area contributed by atoms with Crippen LogP contribution in [0.5, 0.6) is 0 Å². The largest absolute Gasteiger partial charge is 0.416 e. The maximum Gasteiger partial charge on any atom is 0.416 e. The van der Waals surface area contributed by atoms with Crippen molar-refractivity contribution in [2.24, 2.45) is 0 Å². The van der Waals surface area contributed by atoms with Gasteiger partial charge in [0.25, 0.3) is 0 Å². The van der Waals surface area contributed by atoms with E-state index in [-0.39, 0.29) is 17.7 Å². The van der Waals surface area contributed by atoms with Crippen LogP contribution in [0.2, 0.25) is 0 Å². The molecule has 100 valence electrons. The topological polar surface area (TPSA) is 20.2 Å². The maximum atomic E-state index is 13.2. The molecule has 0 spiro atoms. The normalized spacial score (nSPS) is 11.6. The number of rotatable bonds is 2. The molecular weight excluding hydrogens is 260 g/mol. The van der Waals surface area contributed by atoms with Crippen molar-refractivity contribution in [2.45, 2.75) is 12.8 Å². The number of alkyl halides is 3. The molecule has 0 heterocycles. The predicted molar refractivity (Wildman–Crippen MR) is 62.8 cm³/mol. The molecule has 1 nitrogen and oxygen atoms in total. The molecule has 19 heavy (non-hydrogen) atoms. The van der Waals surface area contributed by atoms with Gasteiger partial charge in [0.15, 0.2) is 0 Å². The third kappa shape index (κ3) is 2.93. The van der Waals surface area contributed by atoms with Crippen molar-refractivity contribution in [1.82, 2.24) is 0 Å². The first-order valence-electron chi connectivity index (χ1n) is 5.49. The Balaban J connectivity index is 2.56. The molecule has 0 saturated heterocycles. The van der Waals surface area contributed by atoms with Gasteiger partial charge in [-0.25, -0.2) is 4.39 Å². The molecule has 0 radical (unpaired) electrons. The standard InChI is InChI=1S/C14H10F4O/c15-12-5-4-10(8-19)13(7-12)9-2-1-3-11(6-9)14(16,17)18/h1-7,19H,8H2. The summed E-state index contributed by atoms with van der Waals surface area (Å²) in [5.41, 5.74) is 0.0471. The van der Waals surface area contributed by atoms with Crippen LogP contribution in [0.3, 0.4) is 0 Å². The van der Waals surface area contributed by atoms with E-state index in [4.69, 9.17) is 5.11 Å². The number of halogens is 4. The Morgan fingerprint density at radius 3 is 2.37 bits per heavy atom. The summed E-state index contributed by atoms with van der Waals surface area (Å²) in [6.45, 7) is -0.369. The van der Waals surface area contributed by atoms with Gasteiger partial charge >= 0.3 is 6.18 Å². The van der Waals surface area contributed by atoms with Crippen LogP contribution in [-0.2, 0) is 12.8 Å². The second-order valence-electron chi connectivity index (χ2n) is 4.04. The second-order valence-corrected chi connectivity index (χ2v) is 4.04. The molecule has 0 atom stereocenters. The number of hydrogen-bond acceptors (Lipinski definition) is 1. The van der Waals surface area contributed by atoms with Gasteiger partial charge in [0, 0.05) is 0 Å². The molecule has 0 bridgehead atoms. The summed E-state index contributed by atoms with van der Waals surface area (Å²) in [6, 6.07) is 8.21. The highest BCUT2D eigenvalue weighted by atomic mass is 19.4. The Morgan fingerprint density at radius 1 is 1.00 bits per heavy atom. The molecule has 2 aromatic carbocycles. The summed E-state index contributed by atoms with van der Waals surface area (Å²) >= 11 is 0. The van der Waals surface area contributed by atoms with E-state index in [2.05, 4.69) is 0 Å². The summed E-state index contributed by atoms with van der Waals surface area (Å²) in [4.78, 5) is 0. The lowest BCUT2D eigenvalue weighted by atomic mass is 9.98. The van der Waals surface area contributed by atoms with E-state index < -0.39 is 17.6 Å². The van der Waals surface area contributed by atoms with Crippen molar-refractivity contribution in [2.75, 3.05) is 0 Å². The molecule has 0 amide bonds. The first-order chi connectivity index (χ1) is 8.91. The summed E-state index contributed by atoms with van der Waals surface area (Å²) in [6.07, 6.45) is -4.46. The third-order valence-electron chi connectivity index (χ3n) is 2.74. The van der Waals surface area contributed by atoms with Crippen molar-refractivity contribution in [1.29, 1.82) is 0 Å². The van der Waals surface area contributed by atoms with Crippen molar-refractivity contribution in [3.05, 3.63) is 59.4 Å². The van der Waals surface area contributed by atoms with Crippen LogP contribution < -0.4 is 0 Å². The van der Waals surface area contributed by atoms with E-state index in [1.807, 2.05) is 0 Å². The predicted octanol–water partition coefficient (Wildman–Crippen LogP) is 4.00. The highest BCUT2D eigenvalue weighted by Gasteiger charge is 2.30. The lowest BCUT2D eigenvalue weighted by Crippen LogP contribution is -2.04. The molecule has 0 aliphatic rings. The average molecular weight is 270 g/mol. The summed E-state index contributed by atoms with van der Waals surface area (Å²) in [7, 11) is 0. The Kier molecular flexibility index (Phi) is 3.57. The van der Waals surface area contributed by atoms with Gasteiger partial charge < -0.3 is 5.11 Å². The number of aliphatic hydroxyl groups is 1. The molecule has 5 heteroatoms. The summed E-state index contributed by atoms with van der Waals surface area (Å²) < 4.78 is 51.1. The zero-order valence-corrected chi connectivity index (χ0v) is 9.71. The quantitative estimate of drug-likeness (QED) is 0.818. The van der Waals surface area contributed by atoms with E-state index in [0.29, 0.717) is 5.56 Å². The molecule has 0 saturated carbocycles. The molecule has 0 aliphatic heterocycles. The van der Waals surface area contributed by atoms with Gasteiger partial charge in [0.05, 0.1) is 12.2 Å². The fraction of sp³-hybridized carbons (Fsp3) is 0.143. The number of hydrogen-bond donors (Lipinski definition) is 1. The Bertz CT molecular complexity index is 590. The Hall–Kier alpha value is -1.88. The lowest BCUT2D eigenvalue weighted by Gasteiger charge is -2.11. The first kappa shape index (κ1) is 13.5. The monoisotopic (exact) mass is 270 g/mol. The Morgan fingerprint density at radius 2 is 1.74 bits per heavy atom. The molecule has 0 aromatic heterocycles. The van der Waals surface area contributed by atoms with E-state index in [1.165, 1.54) is 18.2 Å². The van der Waals surface area contributed by atoms with E-state index >= 15 is 0 Å². The van der Waals surface area contributed by atoms with Crippen molar-refractivity contribution in [3.63, 3.8) is 0 Å². The average Bonchev–Trinajstić information content (AvgIpc) is 2.38. The first-order valence-corrected chi connectivity index (χ1v) is 5.49. The van der Waals surface area contributed by atoms with Crippen LogP contribution in [0, 0.1) is 5.82 Å². The fourth-order valence-electron chi connectivity index (χ4n) is 1.82. The number of benzene rings is 2. The zero-order chi connectivity index (χ0) is 14.0. The fourth-order valence-corrected chi connectivity index (χ4v) is 1.82. The van der Waals surface area contributed by atoms with Gasteiger partial charge in [-0.2, -0.15) is 13.2 Å². The molecule has 0 aliphatic carbocycles. The molecule has 1 N–H and O–H groups in total. The van der Waals surface area contributed by atoms with Crippen molar-refractivity contribution in [3.8, 4) is 11.1 Å². The van der Waals surface area contributed by atoms with Gasteiger partial charge in [-0.05, 0) is 41.0 Å². The van der Waals surface area contributed by atoms with Crippen LogP contribution in [0.4, 0.5) is 17.6 Å². The minimum Gasteiger partial charge on any atom is -0.392 e. The van der Waals surface area contributed by atoms with Gasteiger partial charge in [0.2, 0.25) is 0 Å². The Labute approximate surface area is 107 Å². The number of aliphatic hydroxyl groups excluding tert-OH is 1. The van der Waals surface area contributed by atoms with Crippen LogP contribution in [-0.4, -0.2) is 5.11 Å². The highest BCUT2D eigenvalue weighted by Crippen LogP contribution is 2.33. The van der Waals surface area contributed by atoms with Gasteiger partial charge in [-0.1, -0.05) is 18.2 Å². The summed E-state index contributed by atoms with van der Waals surface area (Å²) in [5, 5.41) is 9.16. The van der Waals surface area contributed by atoms with Crippen molar-refractivity contribution < 1.29 is 22.7 Å². The molecule has 2 aromatic rings. The van der Waals surface area contributed by atoms with Crippen molar-refractivity contribution >= 4 is 0 Å². The smallest absolute Gasteiger partial charge is 0.392 e. The lowest BCUT2D eigenvalue weighted by molar-refractivity contribution is -0.137. The van der Waals surface area contributed by atoms with Crippen LogP contribution in [0.1, 0.15) is 11.1 Å². The zero-order valence-electron chi connectivity index (χ0n) is 9.71. The van der Waals surface area contributed by atoms with E-state index in [0.717, 1.165) is 24.3 Å². The minimum atomic E-state index is -4.46. The van der Waals surface area contributed by atoms with Crippen LogP contribution >= 0.6 is 0 Å². The minimum absolute atomic E-state index is 0.221. The van der Waals surface area contributed by atoms with E-state index in [1.54, 1.807) is 0 Å².